The number of ether oxygens (including phenoxy) is 1. The maximum absolute atomic E-state index is 13.3. The van der Waals surface area contributed by atoms with Gasteiger partial charge in [0.2, 0.25) is 17.7 Å². The molecule has 0 saturated heterocycles. The number of halogens is 1. The lowest BCUT2D eigenvalue weighted by atomic mass is 9.98. The predicted octanol–water partition coefficient (Wildman–Crippen LogP) is 3.97. The van der Waals surface area contributed by atoms with E-state index in [1.54, 1.807) is 6.07 Å². The van der Waals surface area contributed by atoms with E-state index in [1.807, 2.05) is 36.4 Å². The highest BCUT2D eigenvalue weighted by Crippen LogP contribution is 2.49. The standard InChI is InChI=1S/C32H43ClN4O4/c1-3-21(2)30-32(40)35-14-7-6-13-29(38)37-27(18-22-9-8-10-24(33)17-22)31(39)36-20-23-19-26(23)25-11-4-5-12-28(25)41-16-15-34-30/h4-5,8-12,17,21,23,26-27,30,34H,3,6-7,13-16,18-20H2,1-2H3,(H,35,40)(H,36,39)(H,37,38)/t21?,23-,26-,27+,30+/m1/s1. The van der Waals surface area contributed by atoms with Crippen LogP contribution < -0.4 is 26.0 Å². The Morgan fingerprint density at radius 3 is 2.63 bits per heavy atom. The largest absolute Gasteiger partial charge is 0.492 e. The minimum Gasteiger partial charge on any atom is -0.492 e. The van der Waals surface area contributed by atoms with Crippen LogP contribution in [0.2, 0.25) is 5.02 Å². The van der Waals surface area contributed by atoms with E-state index in [-0.39, 0.29) is 36.1 Å². The van der Waals surface area contributed by atoms with Gasteiger partial charge in [-0.2, -0.15) is 0 Å². The van der Waals surface area contributed by atoms with Crippen LogP contribution in [0, 0.1) is 11.8 Å². The molecule has 4 N–H and O–H groups in total. The second-order valence-corrected chi connectivity index (χ2v) is 11.7. The third-order valence-corrected chi connectivity index (χ3v) is 8.34. The van der Waals surface area contributed by atoms with Crippen LogP contribution >= 0.6 is 11.6 Å². The van der Waals surface area contributed by atoms with Crippen molar-refractivity contribution in [3.05, 3.63) is 64.7 Å². The molecular formula is C32H43ClN4O4. The first-order chi connectivity index (χ1) is 19.9. The summed E-state index contributed by atoms with van der Waals surface area (Å²) < 4.78 is 6.17. The second kappa shape index (κ2) is 15.2. The summed E-state index contributed by atoms with van der Waals surface area (Å²) in [6, 6.07) is 14.4. The van der Waals surface area contributed by atoms with Crippen molar-refractivity contribution in [1.82, 2.24) is 21.3 Å². The number of fused-ring (bicyclic) bond motifs is 3. The highest BCUT2D eigenvalue weighted by atomic mass is 35.5. The molecule has 2 aliphatic rings. The Balaban J connectivity index is 1.47. The number of hydrogen-bond acceptors (Lipinski definition) is 5. The van der Waals surface area contributed by atoms with E-state index in [0.29, 0.717) is 62.4 Å². The summed E-state index contributed by atoms with van der Waals surface area (Å²) in [4.78, 5) is 39.1. The maximum Gasteiger partial charge on any atom is 0.242 e. The molecule has 8 nitrogen and oxygen atoms in total. The van der Waals surface area contributed by atoms with Gasteiger partial charge in [-0.15, -0.1) is 0 Å². The Hall–Kier alpha value is -3.10. The van der Waals surface area contributed by atoms with Crippen LogP contribution in [0.3, 0.4) is 0 Å². The number of benzene rings is 2. The fourth-order valence-electron chi connectivity index (χ4n) is 5.40. The van der Waals surface area contributed by atoms with Gasteiger partial charge in [0.15, 0.2) is 0 Å². The molecule has 1 heterocycles. The van der Waals surface area contributed by atoms with Crippen LogP contribution in [-0.4, -0.2) is 56.0 Å². The van der Waals surface area contributed by atoms with E-state index in [0.717, 1.165) is 29.7 Å². The molecule has 9 heteroatoms. The van der Waals surface area contributed by atoms with Gasteiger partial charge in [-0.25, -0.2) is 0 Å². The van der Waals surface area contributed by atoms with E-state index >= 15 is 0 Å². The van der Waals surface area contributed by atoms with E-state index in [9.17, 15) is 14.4 Å². The summed E-state index contributed by atoms with van der Waals surface area (Å²) in [5.41, 5.74) is 2.02. The van der Waals surface area contributed by atoms with Crippen molar-refractivity contribution in [3.63, 3.8) is 0 Å². The molecule has 0 radical (unpaired) electrons. The maximum atomic E-state index is 13.3. The van der Waals surface area contributed by atoms with Crippen LogP contribution in [0.4, 0.5) is 0 Å². The fourth-order valence-corrected chi connectivity index (χ4v) is 5.61. The zero-order chi connectivity index (χ0) is 29.2. The number of carbonyl (C=O) groups is 3. The molecule has 1 saturated carbocycles. The van der Waals surface area contributed by atoms with Gasteiger partial charge in [0.1, 0.15) is 18.4 Å². The second-order valence-electron chi connectivity index (χ2n) is 11.3. The van der Waals surface area contributed by atoms with Crippen molar-refractivity contribution in [2.24, 2.45) is 11.8 Å². The molecule has 2 aromatic carbocycles. The first-order valence-electron chi connectivity index (χ1n) is 14.9. The molecule has 1 fully saturated rings. The van der Waals surface area contributed by atoms with Crippen LogP contribution in [-0.2, 0) is 20.8 Å². The fraction of sp³-hybridized carbons (Fsp3) is 0.531. The molecule has 41 heavy (non-hydrogen) atoms. The monoisotopic (exact) mass is 582 g/mol. The Kier molecular flexibility index (Phi) is 11.5. The third-order valence-electron chi connectivity index (χ3n) is 8.11. The SMILES string of the molecule is CCC(C)[C@@H]1NCCOc2ccccc2[C@@H]2C[C@@H]2CNC(=O)[C@H](Cc2cccc(Cl)c2)NC(=O)CCCCNC1=O. The summed E-state index contributed by atoms with van der Waals surface area (Å²) in [6.07, 6.45) is 3.74. The van der Waals surface area contributed by atoms with Crippen LogP contribution in [0.15, 0.2) is 48.5 Å². The Labute approximate surface area is 248 Å². The Morgan fingerprint density at radius 2 is 1.83 bits per heavy atom. The van der Waals surface area contributed by atoms with Crippen molar-refractivity contribution < 1.29 is 19.1 Å². The summed E-state index contributed by atoms with van der Waals surface area (Å²) in [5, 5.41) is 13.0. The highest BCUT2D eigenvalue weighted by molar-refractivity contribution is 6.30. The van der Waals surface area contributed by atoms with Gasteiger partial charge >= 0.3 is 0 Å². The van der Waals surface area contributed by atoms with Crippen molar-refractivity contribution in [2.45, 2.75) is 70.4 Å². The minimum atomic E-state index is -0.704. The van der Waals surface area contributed by atoms with Gasteiger partial charge in [-0.05, 0) is 66.3 Å². The zero-order valence-electron chi connectivity index (χ0n) is 24.1. The van der Waals surface area contributed by atoms with Crippen molar-refractivity contribution >= 4 is 29.3 Å². The van der Waals surface area contributed by atoms with Crippen LogP contribution in [0.5, 0.6) is 5.75 Å². The Bertz CT molecular complexity index is 1190. The number of amides is 3. The van der Waals surface area contributed by atoms with Gasteiger partial charge in [-0.3, -0.25) is 14.4 Å². The summed E-state index contributed by atoms with van der Waals surface area (Å²) >= 11 is 6.17. The van der Waals surface area contributed by atoms with Gasteiger partial charge in [0.05, 0.1) is 6.04 Å². The predicted molar refractivity (Wildman–Crippen MR) is 161 cm³/mol. The quantitative estimate of drug-likeness (QED) is 0.436. The smallest absolute Gasteiger partial charge is 0.242 e. The minimum absolute atomic E-state index is 0.0332. The molecular weight excluding hydrogens is 540 g/mol. The molecule has 5 atom stereocenters. The lowest BCUT2D eigenvalue weighted by Crippen LogP contribution is -2.49. The summed E-state index contributed by atoms with van der Waals surface area (Å²) in [5.74, 6) is 1.20. The Morgan fingerprint density at radius 1 is 1.00 bits per heavy atom. The normalized spacial score (nSPS) is 25.6. The molecule has 222 valence electrons. The molecule has 1 aliphatic heterocycles. The number of rotatable bonds is 4. The van der Waals surface area contributed by atoms with Crippen LogP contribution in [0.25, 0.3) is 0 Å². The average molecular weight is 583 g/mol. The molecule has 1 aliphatic carbocycles. The molecule has 0 aromatic heterocycles. The van der Waals surface area contributed by atoms with Crippen molar-refractivity contribution in [3.8, 4) is 5.75 Å². The molecule has 2 aromatic rings. The van der Waals surface area contributed by atoms with E-state index in [1.165, 1.54) is 0 Å². The van der Waals surface area contributed by atoms with E-state index < -0.39 is 6.04 Å². The van der Waals surface area contributed by atoms with Crippen molar-refractivity contribution in [2.75, 3.05) is 26.2 Å². The first-order valence-corrected chi connectivity index (χ1v) is 15.3. The number of para-hydroxylation sites is 1. The van der Waals surface area contributed by atoms with Crippen molar-refractivity contribution in [1.29, 1.82) is 0 Å². The molecule has 1 unspecified atom stereocenters. The summed E-state index contributed by atoms with van der Waals surface area (Å²) in [7, 11) is 0. The first kappa shape index (κ1) is 30.8. The van der Waals surface area contributed by atoms with Gasteiger partial charge in [0, 0.05) is 37.5 Å². The lowest BCUT2D eigenvalue weighted by molar-refractivity contribution is -0.129. The van der Waals surface area contributed by atoms with Gasteiger partial charge in [-0.1, -0.05) is 62.2 Å². The average Bonchev–Trinajstić information content (AvgIpc) is 3.74. The van der Waals surface area contributed by atoms with Gasteiger partial charge < -0.3 is 26.0 Å². The van der Waals surface area contributed by atoms with E-state index in [4.69, 9.17) is 16.3 Å². The van der Waals surface area contributed by atoms with Crippen LogP contribution in [0.1, 0.15) is 63.0 Å². The zero-order valence-corrected chi connectivity index (χ0v) is 24.8. The topological polar surface area (TPSA) is 109 Å². The molecule has 3 amide bonds. The molecule has 0 bridgehead atoms. The van der Waals surface area contributed by atoms with Gasteiger partial charge in [0.25, 0.3) is 0 Å². The van der Waals surface area contributed by atoms with E-state index in [2.05, 4.69) is 41.2 Å². The molecule has 4 rings (SSSR count). The summed E-state index contributed by atoms with van der Waals surface area (Å²) in [6.45, 7) is 6.17. The number of nitrogens with one attached hydrogen (secondary N) is 4. The number of hydrogen-bond donors (Lipinski definition) is 4. The molecule has 0 spiro atoms. The third kappa shape index (κ3) is 9.20. The highest BCUT2D eigenvalue weighted by Gasteiger charge is 2.40. The number of carbonyl (C=O) groups excluding carboxylic acids is 3. The lowest BCUT2D eigenvalue weighted by Gasteiger charge is -2.24.